The van der Waals surface area contributed by atoms with E-state index in [1.54, 1.807) is 66.7 Å². The van der Waals surface area contributed by atoms with E-state index in [1.807, 2.05) is 12.2 Å². The van der Waals surface area contributed by atoms with Crippen molar-refractivity contribution >= 4 is 12.2 Å². The molecule has 0 aliphatic carbocycles. The number of fused-ring (bicyclic) bond motifs is 1. The van der Waals surface area contributed by atoms with Crippen molar-refractivity contribution < 1.29 is 30.3 Å². The zero-order chi connectivity index (χ0) is 23.8. The minimum atomic E-state index is -0.498. The van der Waals surface area contributed by atoms with Crippen LogP contribution in [0.2, 0.25) is 0 Å². The van der Waals surface area contributed by atoms with Crippen molar-refractivity contribution in [2.45, 2.75) is 12.0 Å². The van der Waals surface area contributed by atoms with E-state index in [4.69, 9.17) is 4.74 Å². The van der Waals surface area contributed by atoms with Gasteiger partial charge in [0.2, 0.25) is 0 Å². The van der Waals surface area contributed by atoms with Gasteiger partial charge in [0.1, 0.15) is 29.1 Å². The van der Waals surface area contributed by atoms with Gasteiger partial charge in [-0.3, -0.25) is 0 Å². The fourth-order valence-electron chi connectivity index (χ4n) is 4.33. The molecular weight excluding hydrogens is 432 g/mol. The highest BCUT2D eigenvalue weighted by Crippen LogP contribution is 2.53. The van der Waals surface area contributed by atoms with Gasteiger partial charge in [0.25, 0.3) is 0 Å². The normalized spacial score (nSPS) is 16.9. The van der Waals surface area contributed by atoms with Crippen molar-refractivity contribution in [3.8, 4) is 34.5 Å². The lowest BCUT2D eigenvalue weighted by molar-refractivity contribution is 0.221. The molecule has 0 aromatic heterocycles. The molecule has 0 amide bonds. The molecule has 0 fully saturated rings. The molecule has 1 heterocycles. The molecule has 0 saturated carbocycles. The first-order valence-electron chi connectivity index (χ1n) is 10.7. The highest BCUT2D eigenvalue weighted by molar-refractivity contribution is 5.75. The quantitative estimate of drug-likeness (QED) is 0.201. The van der Waals surface area contributed by atoms with Crippen LogP contribution in [0.5, 0.6) is 34.5 Å². The highest BCUT2D eigenvalue weighted by atomic mass is 16.5. The Kier molecular flexibility index (Phi) is 5.26. The summed E-state index contributed by atoms with van der Waals surface area (Å²) in [5.74, 6) is 0.0217. The Bertz CT molecular complexity index is 1370. The standard InChI is InChI=1S/C28H22O6/c29-20-8-2-16(3-9-20)1-4-18-13-22(31)15-25-26(18)27(19-7-12-23(32)24(33)14-19)28(34-25)17-5-10-21(30)11-6-17/h1-15,27-33H/b4-1+/t27-,28+/m1/s1. The van der Waals surface area contributed by atoms with Crippen molar-refractivity contribution in [2.24, 2.45) is 0 Å². The second-order valence-electron chi connectivity index (χ2n) is 8.23. The average molecular weight is 454 g/mol. The molecule has 170 valence electrons. The van der Waals surface area contributed by atoms with Gasteiger partial charge in [0.15, 0.2) is 11.5 Å². The largest absolute Gasteiger partial charge is 0.508 e. The van der Waals surface area contributed by atoms with Gasteiger partial charge >= 0.3 is 0 Å². The summed E-state index contributed by atoms with van der Waals surface area (Å²) >= 11 is 0. The lowest BCUT2D eigenvalue weighted by Gasteiger charge is -2.21. The predicted molar refractivity (Wildman–Crippen MR) is 128 cm³/mol. The average Bonchev–Trinajstić information content (AvgIpc) is 3.20. The van der Waals surface area contributed by atoms with Crippen molar-refractivity contribution in [3.05, 3.63) is 107 Å². The summed E-state index contributed by atoms with van der Waals surface area (Å²) in [6, 6.07) is 21.3. The summed E-state index contributed by atoms with van der Waals surface area (Å²) in [6.07, 6.45) is 3.23. The third-order valence-electron chi connectivity index (χ3n) is 5.96. The molecule has 1 aliphatic heterocycles. The van der Waals surface area contributed by atoms with E-state index in [9.17, 15) is 25.5 Å². The van der Waals surface area contributed by atoms with E-state index < -0.39 is 6.10 Å². The Labute approximate surface area is 195 Å². The monoisotopic (exact) mass is 454 g/mol. The number of phenols is 5. The van der Waals surface area contributed by atoms with Crippen LogP contribution < -0.4 is 4.74 Å². The molecule has 34 heavy (non-hydrogen) atoms. The van der Waals surface area contributed by atoms with Crippen molar-refractivity contribution in [1.29, 1.82) is 0 Å². The van der Waals surface area contributed by atoms with Gasteiger partial charge in [-0.15, -0.1) is 0 Å². The minimum Gasteiger partial charge on any atom is -0.508 e. The van der Waals surface area contributed by atoms with E-state index in [2.05, 4.69) is 0 Å². The molecule has 0 unspecified atom stereocenters. The summed E-state index contributed by atoms with van der Waals surface area (Å²) < 4.78 is 6.31. The number of aromatic hydroxyl groups is 5. The summed E-state index contributed by atoms with van der Waals surface area (Å²) in [6.45, 7) is 0. The van der Waals surface area contributed by atoms with Crippen molar-refractivity contribution in [3.63, 3.8) is 0 Å². The molecular formula is C28H22O6. The molecule has 6 nitrogen and oxygen atoms in total. The molecule has 6 heteroatoms. The lowest BCUT2D eigenvalue weighted by Crippen LogP contribution is -2.11. The SMILES string of the molecule is Oc1ccc(/C=C/c2cc(O)cc3c2[C@@H](c2ccc(O)c(O)c2)[C@H](c2ccc(O)cc2)O3)cc1. The van der Waals surface area contributed by atoms with Gasteiger partial charge in [0, 0.05) is 11.6 Å². The van der Waals surface area contributed by atoms with Crippen LogP contribution in [0.1, 0.15) is 39.8 Å². The van der Waals surface area contributed by atoms with Crippen LogP contribution in [-0.2, 0) is 0 Å². The van der Waals surface area contributed by atoms with E-state index in [-0.39, 0.29) is 34.7 Å². The summed E-state index contributed by atoms with van der Waals surface area (Å²) in [5.41, 5.74) is 3.93. The van der Waals surface area contributed by atoms with Crippen molar-refractivity contribution in [1.82, 2.24) is 0 Å². The topological polar surface area (TPSA) is 110 Å². The Morgan fingerprint density at radius 3 is 1.91 bits per heavy atom. The van der Waals surface area contributed by atoms with Crippen LogP contribution >= 0.6 is 0 Å². The van der Waals surface area contributed by atoms with Crippen LogP contribution in [0.15, 0.2) is 78.9 Å². The number of ether oxygens (including phenoxy) is 1. The maximum atomic E-state index is 10.4. The third-order valence-corrected chi connectivity index (χ3v) is 5.96. The smallest absolute Gasteiger partial charge is 0.157 e. The van der Waals surface area contributed by atoms with E-state index in [1.165, 1.54) is 12.1 Å². The number of phenolic OH excluding ortho intramolecular Hbond substituents is 5. The molecule has 0 spiro atoms. The van der Waals surface area contributed by atoms with Crippen LogP contribution in [0.3, 0.4) is 0 Å². The molecule has 0 saturated heterocycles. The summed E-state index contributed by atoms with van der Waals surface area (Å²) in [4.78, 5) is 0. The fraction of sp³-hybridized carbons (Fsp3) is 0.0714. The van der Waals surface area contributed by atoms with Gasteiger partial charge < -0.3 is 30.3 Å². The summed E-state index contributed by atoms with van der Waals surface area (Å²) in [5, 5.41) is 49.7. The Hall–Kier alpha value is -4.58. The molecule has 4 aromatic carbocycles. The van der Waals surface area contributed by atoms with E-state index in [0.717, 1.165) is 27.8 Å². The maximum absolute atomic E-state index is 10.4. The molecule has 2 atom stereocenters. The fourth-order valence-corrected chi connectivity index (χ4v) is 4.33. The number of hydrogen-bond acceptors (Lipinski definition) is 6. The second-order valence-corrected chi connectivity index (χ2v) is 8.23. The van der Waals surface area contributed by atoms with Gasteiger partial charge in [0.05, 0.1) is 5.92 Å². The molecule has 0 bridgehead atoms. The zero-order valence-electron chi connectivity index (χ0n) is 18.0. The van der Waals surface area contributed by atoms with Gasteiger partial charge in [-0.1, -0.05) is 42.5 Å². The number of rotatable bonds is 4. The number of hydrogen-bond donors (Lipinski definition) is 5. The van der Waals surface area contributed by atoms with E-state index in [0.29, 0.717) is 5.75 Å². The van der Waals surface area contributed by atoms with Crippen LogP contribution in [-0.4, -0.2) is 25.5 Å². The molecule has 1 aliphatic rings. The first-order chi connectivity index (χ1) is 16.4. The molecule has 5 rings (SSSR count). The maximum Gasteiger partial charge on any atom is 0.157 e. The first-order valence-corrected chi connectivity index (χ1v) is 10.7. The Balaban J connectivity index is 1.66. The predicted octanol–water partition coefficient (Wildman–Crippen LogP) is 5.65. The minimum absolute atomic E-state index is 0.0442. The molecule has 5 N–H and O–H groups in total. The van der Waals surface area contributed by atoms with Gasteiger partial charge in [-0.25, -0.2) is 0 Å². The first kappa shape index (κ1) is 21.3. The zero-order valence-corrected chi connectivity index (χ0v) is 18.0. The second kappa shape index (κ2) is 8.41. The van der Waals surface area contributed by atoms with Crippen LogP contribution in [0.4, 0.5) is 0 Å². The Morgan fingerprint density at radius 1 is 0.588 bits per heavy atom. The van der Waals surface area contributed by atoms with E-state index >= 15 is 0 Å². The highest BCUT2D eigenvalue weighted by Gasteiger charge is 2.39. The Morgan fingerprint density at radius 2 is 1.24 bits per heavy atom. The molecule has 0 radical (unpaired) electrons. The third kappa shape index (κ3) is 3.97. The van der Waals surface area contributed by atoms with Gasteiger partial charge in [-0.2, -0.15) is 0 Å². The lowest BCUT2D eigenvalue weighted by atomic mass is 9.82. The number of benzene rings is 4. The van der Waals surface area contributed by atoms with Crippen LogP contribution in [0, 0.1) is 0 Å². The summed E-state index contributed by atoms with van der Waals surface area (Å²) in [7, 11) is 0. The van der Waals surface area contributed by atoms with Crippen LogP contribution in [0.25, 0.3) is 12.2 Å². The molecule has 4 aromatic rings. The van der Waals surface area contributed by atoms with Gasteiger partial charge in [-0.05, 0) is 64.7 Å². The van der Waals surface area contributed by atoms with Crippen molar-refractivity contribution in [2.75, 3.05) is 0 Å².